The molecule has 0 N–H and O–H groups in total. The van der Waals surface area contributed by atoms with Crippen molar-refractivity contribution >= 4 is 17.3 Å². The van der Waals surface area contributed by atoms with Crippen LogP contribution in [0, 0.1) is 5.82 Å². The quantitative estimate of drug-likeness (QED) is 0.499. The van der Waals surface area contributed by atoms with Gasteiger partial charge in [0.05, 0.1) is 12.5 Å². The van der Waals surface area contributed by atoms with Crippen LogP contribution >= 0.6 is 11.8 Å². The molecule has 0 spiro atoms. The third kappa shape index (κ3) is 3.37. The van der Waals surface area contributed by atoms with Crippen molar-refractivity contribution in [3.63, 3.8) is 0 Å². The number of hydrogen-bond acceptors (Lipinski definition) is 2. The molecule has 0 saturated heterocycles. The van der Waals surface area contributed by atoms with Crippen molar-refractivity contribution < 1.29 is 8.81 Å². The van der Waals surface area contributed by atoms with E-state index in [0.717, 1.165) is 22.3 Å². The molecule has 1 aromatic carbocycles. The van der Waals surface area contributed by atoms with Crippen LogP contribution in [0.5, 0.6) is 0 Å². The number of furan rings is 1. The van der Waals surface area contributed by atoms with Crippen LogP contribution in [0.4, 0.5) is 4.39 Å². The van der Waals surface area contributed by atoms with Gasteiger partial charge in [-0.05, 0) is 36.4 Å². The van der Waals surface area contributed by atoms with Crippen LogP contribution in [0.25, 0.3) is 16.7 Å². The molecule has 0 fully saturated rings. The fourth-order valence-electron chi connectivity index (χ4n) is 2.12. The maximum atomic E-state index is 14.0. The maximum Gasteiger partial charge on any atom is 0.137 e. The van der Waals surface area contributed by atoms with Gasteiger partial charge in [-0.3, -0.25) is 0 Å². The molecule has 108 valence electrons. The highest BCUT2D eigenvalue weighted by molar-refractivity contribution is 7.98. The summed E-state index contributed by atoms with van der Waals surface area (Å²) in [4.78, 5) is 0.638. The van der Waals surface area contributed by atoms with Gasteiger partial charge in [-0.1, -0.05) is 36.9 Å². The first-order valence-corrected chi connectivity index (χ1v) is 7.79. The predicted molar refractivity (Wildman–Crippen MR) is 88.9 cm³/mol. The minimum absolute atomic E-state index is 0.215. The fraction of sp³-hybridized carbons (Fsp3) is 0.111. The van der Waals surface area contributed by atoms with Crippen LogP contribution in [0.1, 0.15) is 12.5 Å². The molecule has 0 aliphatic rings. The summed E-state index contributed by atoms with van der Waals surface area (Å²) in [5.41, 5.74) is 3.57. The Balaban J connectivity index is 2.52. The van der Waals surface area contributed by atoms with E-state index in [0.29, 0.717) is 4.90 Å². The van der Waals surface area contributed by atoms with E-state index in [-0.39, 0.29) is 5.82 Å². The molecular formula is C18H17FOS. The van der Waals surface area contributed by atoms with Crippen LogP contribution in [0.3, 0.4) is 0 Å². The SMILES string of the molecule is C=C/C=C(\C=C/C)c1cocc1-c1ccc(SC)c(F)c1. The monoisotopic (exact) mass is 300 g/mol. The van der Waals surface area contributed by atoms with Gasteiger partial charge in [-0.2, -0.15) is 0 Å². The number of halogens is 1. The molecule has 0 aliphatic heterocycles. The predicted octanol–water partition coefficient (Wildman–Crippen LogP) is 5.95. The zero-order valence-corrected chi connectivity index (χ0v) is 12.9. The molecule has 0 unspecified atom stereocenters. The van der Waals surface area contributed by atoms with E-state index < -0.39 is 0 Å². The average molecular weight is 300 g/mol. The molecule has 2 aromatic rings. The number of hydrogen-bond donors (Lipinski definition) is 0. The summed E-state index contributed by atoms with van der Waals surface area (Å²) in [6.45, 7) is 5.68. The third-order valence-corrected chi connectivity index (χ3v) is 3.85. The van der Waals surface area contributed by atoms with E-state index in [1.54, 1.807) is 30.7 Å². The summed E-state index contributed by atoms with van der Waals surface area (Å²) in [6, 6.07) is 5.24. The fourth-order valence-corrected chi connectivity index (χ4v) is 2.58. The van der Waals surface area contributed by atoms with Gasteiger partial charge in [0.25, 0.3) is 0 Å². The number of rotatable bonds is 5. The summed E-state index contributed by atoms with van der Waals surface area (Å²) in [5, 5.41) is 0. The van der Waals surface area contributed by atoms with Crippen molar-refractivity contribution in [2.75, 3.05) is 6.26 Å². The molecular weight excluding hydrogens is 283 g/mol. The number of thioether (sulfide) groups is 1. The van der Waals surface area contributed by atoms with Gasteiger partial charge in [0, 0.05) is 16.0 Å². The van der Waals surface area contributed by atoms with Crippen molar-refractivity contribution in [1.29, 1.82) is 0 Å². The highest BCUT2D eigenvalue weighted by atomic mass is 32.2. The standard InChI is InChI=1S/C18H17FOS/c1-4-6-13(7-5-2)15-11-20-12-16(15)14-8-9-18(21-3)17(19)10-14/h4-12H,1H2,2-3H3/b7-5-,13-6+. The minimum Gasteiger partial charge on any atom is -0.471 e. The van der Waals surface area contributed by atoms with Crippen LogP contribution in [0.15, 0.2) is 70.9 Å². The number of allylic oxidation sites excluding steroid dienone is 5. The van der Waals surface area contributed by atoms with Gasteiger partial charge in [0.15, 0.2) is 0 Å². The van der Waals surface area contributed by atoms with Gasteiger partial charge >= 0.3 is 0 Å². The highest BCUT2D eigenvalue weighted by Gasteiger charge is 2.12. The Kier molecular flexibility index (Phi) is 5.23. The Bertz CT molecular complexity index is 695. The van der Waals surface area contributed by atoms with Crippen molar-refractivity contribution in [3.05, 3.63) is 73.0 Å². The summed E-state index contributed by atoms with van der Waals surface area (Å²) >= 11 is 1.39. The highest BCUT2D eigenvalue weighted by Crippen LogP contribution is 2.33. The van der Waals surface area contributed by atoms with E-state index in [1.807, 2.05) is 37.5 Å². The zero-order chi connectivity index (χ0) is 15.2. The van der Waals surface area contributed by atoms with Crippen molar-refractivity contribution in [3.8, 4) is 11.1 Å². The Hall–Kier alpha value is -2.00. The van der Waals surface area contributed by atoms with Crippen LogP contribution in [-0.4, -0.2) is 6.26 Å². The lowest BCUT2D eigenvalue weighted by Gasteiger charge is -2.06. The average Bonchev–Trinajstić information content (AvgIpc) is 2.96. The Labute approximate surface area is 128 Å². The van der Waals surface area contributed by atoms with E-state index in [2.05, 4.69) is 6.58 Å². The molecule has 2 rings (SSSR count). The van der Waals surface area contributed by atoms with E-state index in [4.69, 9.17) is 4.42 Å². The molecule has 0 amide bonds. The van der Waals surface area contributed by atoms with Gasteiger partial charge < -0.3 is 4.42 Å². The molecule has 1 nitrogen and oxygen atoms in total. The zero-order valence-electron chi connectivity index (χ0n) is 12.1. The molecule has 1 heterocycles. The topological polar surface area (TPSA) is 13.1 Å². The summed E-state index contributed by atoms with van der Waals surface area (Å²) in [7, 11) is 0. The number of benzene rings is 1. The van der Waals surface area contributed by atoms with Crippen molar-refractivity contribution in [2.45, 2.75) is 11.8 Å². The van der Waals surface area contributed by atoms with Crippen molar-refractivity contribution in [1.82, 2.24) is 0 Å². The second-order valence-electron chi connectivity index (χ2n) is 4.41. The summed E-state index contributed by atoms with van der Waals surface area (Å²) < 4.78 is 19.3. The molecule has 0 atom stereocenters. The van der Waals surface area contributed by atoms with E-state index in [9.17, 15) is 4.39 Å². The largest absolute Gasteiger partial charge is 0.471 e. The second kappa shape index (κ2) is 7.14. The lowest BCUT2D eigenvalue weighted by Crippen LogP contribution is -1.86. The Morgan fingerprint density at radius 1 is 1.33 bits per heavy atom. The molecule has 0 saturated carbocycles. The molecule has 0 aliphatic carbocycles. The van der Waals surface area contributed by atoms with E-state index >= 15 is 0 Å². The van der Waals surface area contributed by atoms with Crippen LogP contribution in [0.2, 0.25) is 0 Å². The first-order valence-electron chi connectivity index (χ1n) is 6.57. The minimum atomic E-state index is -0.215. The maximum absolute atomic E-state index is 14.0. The van der Waals surface area contributed by atoms with E-state index in [1.165, 1.54) is 11.8 Å². The van der Waals surface area contributed by atoms with Gasteiger partial charge in [0.2, 0.25) is 0 Å². The molecule has 21 heavy (non-hydrogen) atoms. The van der Waals surface area contributed by atoms with Gasteiger partial charge in [-0.15, -0.1) is 11.8 Å². The first-order chi connectivity index (χ1) is 10.2. The van der Waals surface area contributed by atoms with Crippen molar-refractivity contribution in [2.24, 2.45) is 0 Å². The van der Waals surface area contributed by atoms with Crippen LogP contribution in [-0.2, 0) is 0 Å². The van der Waals surface area contributed by atoms with Gasteiger partial charge in [-0.25, -0.2) is 4.39 Å². The smallest absolute Gasteiger partial charge is 0.137 e. The summed E-state index contributed by atoms with van der Waals surface area (Å²) in [6.07, 6.45) is 12.7. The summed E-state index contributed by atoms with van der Waals surface area (Å²) in [5.74, 6) is -0.215. The third-order valence-electron chi connectivity index (χ3n) is 3.08. The molecule has 1 aromatic heterocycles. The normalized spacial score (nSPS) is 12.0. The second-order valence-corrected chi connectivity index (χ2v) is 5.25. The van der Waals surface area contributed by atoms with Gasteiger partial charge in [0.1, 0.15) is 5.82 Å². The molecule has 3 heteroatoms. The Morgan fingerprint density at radius 3 is 2.76 bits per heavy atom. The Morgan fingerprint density at radius 2 is 2.14 bits per heavy atom. The molecule has 0 bridgehead atoms. The first kappa shape index (κ1) is 15.4. The van der Waals surface area contributed by atoms with Crippen LogP contribution < -0.4 is 0 Å². The lowest BCUT2D eigenvalue weighted by atomic mass is 9.98. The lowest BCUT2D eigenvalue weighted by molar-refractivity contribution is 0.567. The molecule has 0 radical (unpaired) electrons.